The lowest BCUT2D eigenvalue weighted by Gasteiger charge is -2.09. The molecule has 2 aromatic rings. The summed E-state index contributed by atoms with van der Waals surface area (Å²) in [5.74, 6) is 1.85. The molecule has 3 rings (SSSR count). The Labute approximate surface area is 190 Å². The smallest absolute Gasteiger partial charge is 0.305 e. The number of thiophene rings is 1. The number of unbranched alkanes of at least 4 members (excludes halogenated alkanes) is 3. The largest absolute Gasteiger partial charge is 0.469 e. The van der Waals surface area contributed by atoms with E-state index in [1.807, 2.05) is 0 Å². The summed E-state index contributed by atoms with van der Waals surface area (Å²) in [6.07, 6.45) is 8.98. The van der Waals surface area contributed by atoms with Crippen molar-refractivity contribution in [1.29, 1.82) is 0 Å². The third-order valence-electron chi connectivity index (χ3n) is 5.44. The third-order valence-corrected chi connectivity index (χ3v) is 7.60. The number of carbonyl (C=O) groups excluding carboxylic acids is 2. The molecule has 1 aliphatic rings. The molecule has 1 aliphatic carbocycles. The number of carbonyl (C=O) groups is 2. The number of ether oxygens (including phenoxy) is 1. The van der Waals surface area contributed by atoms with Crippen molar-refractivity contribution in [3.63, 3.8) is 0 Å². The van der Waals surface area contributed by atoms with Gasteiger partial charge < -0.3 is 15.0 Å². The van der Waals surface area contributed by atoms with Gasteiger partial charge in [-0.1, -0.05) is 12.8 Å². The summed E-state index contributed by atoms with van der Waals surface area (Å²) >= 11 is 3.27. The number of esters is 1. The number of hydrogen-bond acceptors (Lipinski definition) is 7. The van der Waals surface area contributed by atoms with Gasteiger partial charge in [0.05, 0.1) is 18.2 Å². The highest BCUT2D eigenvalue weighted by Crippen LogP contribution is 2.33. The maximum absolute atomic E-state index is 12.5. The standard InChI is InChI=1S/C22H31N3O4S2/c1-29-19(27)10-4-2-3-7-12-23-18(26)11-13-30-14-17-24-21(28)20-15-8-5-6-9-16(15)31-22(20)25-17/h2-14H2,1H3,(H,23,26)(H,24,25,28). The predicted molar refractivity (Wildman–Crippen MR) is 126 cm³/mol. The highest BCUT2D eigenvalue weighted by atomic mass is 32.2. The van der Waals surface area contributed by atoms with Crippen LogP contribution in [0.4, 0.5) is 0 Å². The number of amides is 1. The molecular weight excluding hydrogens is 434 g/mol. The second-order valence-electron chi connectivity index (χ2n) is 7.80. The summed E-state index contributed by atoms with van der Waals surface area (Å²) in [6.45, 7) is 0.663. The van der Waals surface area contributed by atoms with Gasteiger partial charge in [0.1, 0.15) is 10.7 Å². The van der Waals surface area contributed by atoms with E-state index in [4.69, 9.17) is 0 Å². The van der Waals surface area contributed by atoms with E-state index in [0.717, 1.165) is 55.2 Å². The Morgan fingerprint density at radius 3 is 2.81 bits per heavy atom. The Hall–Kier alpha value is -1.87. The maximum atomic E-state index is 12.5. The SMILES string of the molecule is COC(=O)CCCCCCNC(=O)CCSCc1nc2sc3c(c2c(=O)[nH]1)CCCC3. The van der Waals surface area contributed by atoms with Gasteiger partial charge in [-0.05, 0) is 44.1 Å². The molecule has 7 nitrogen and oxygen atoms in total. The molecule has 2 heterocycles. The van der Waals surface area contributed by atoms with Gasteiger partial charge in [0.25, 0.3) is 5.56 Å². The highest BCUT2D eigenvalue weighted by Gasteiger charge is 2.19. The number of rotatable bonds is 12. The van der Waals surface area contributed by atoms with E-state index in [1.54, 1.807) is 23.1 Å². The Kier molecular flexibility index (Phi) is 9.39. The van der Waals surface area contributed by atoms with Crippen LogP contribution in [0.15, 0.2) is 4.79 Å². The highest BCUT2D eigenvalue weighted by molar-refractivity contribution is 7.98. The summed E-state index contributed by atoms with van der Waals surface area (Å²) in [7, 11) is 1.40. The molecule has 0 aliphatic heterocycles. The fourth-order valence-electron chi connectivity index (χ4n) is 3.78. The maximum Gasteiger partial charge on any atom is 0.305 e. The third kappa shape index (κ3) is 7.07. The van der Waals surface area contributed by atoms with Gasteiger partial charge in [0, 0.05) is 30.0 Å². The van der Waals surface area contributed by atoms with E-state index in [-0.39, 0.29) is 17.4 Å². The number of methoxy groups -OCH3 is 1. The first kappa shape index (κ1) is 23.8. The molecule has 0 bridgehead atoms. The fourth-order valence-corrected chi connectivity index (χ4v) is 5.86. The van der Waals surface area contributed by atoms with E-state index in [1.165, 1.54) is 24.0 Å². The molecule has 170 valence electrons. The van der Waals surface area contributed by atoms with Crippen LogP contribution in [0.25, 0.3) is 10.2 Å². The van der Waals surface area contributed by atoms with Crippen molar-refractivity contribution in [2.75, 3.05) is 19.4 Å². The number of hydrogen-bond donors (Lipinski definition) is 2. The molecule has 31 heavy (non-hydrogen) atoms. The Morgan fingerprint density at radius 1 is 1.16 bits per heavy atom. The number of nitrogens with zero attached hydrogens (tertiary/aromatic N) is 1. The molecule has 0 atom stereocenters. The van der Waals surface area contributed by atoms with Crippen LogP contribution >= 0.6 is 23.1 Å². The number of thioether (sulfide) groups is 1. The van der Waals surface area contributed by atoms with Gasteiger partial charge in [-0.15, -0.1) is 11.3 Å². The molecule has 2 aromatic heterocycles. The van der Waals surface area contributed by atoms with Crippen LogP contribution in [0.2, 0.25) is 0 Å². The zero-order valence-corrected chi connectivity index (χ0v) is 19.7. The lowest BCUT2D eigenvalue weighted by Crippen LogP contribution is -2.24. The lowest BCUT2D eigenvalue weighted by molar-refractivity contribution is -0.140. The number of aryl methyl sites for hydroxylation is 2. The molecular formula is C22H31N3O4S2. The molecule has 1 amide bonds. The summed E-state index contributed by atoms with van der Waals surface area (Å²) in [4.78, 5) is 45.3. The molecule has 2 N–H and O–H groups in total. The van der Waals surface area contributed by atoms with Gasteiger partial charge in [-0.25, -0.2) is 4.98 Å². The van der Waals surface area contributed by atoms with Crippen molar-refractivity contribution in [2.24, 2.45) is 0 Å². The lowest BCUT2D eigenvalue weighted by atomic mass is 9.97. The minimum absolute atomic E-state index is 0.0238. The molecule has 0 radical (unpaired) electrons. The minimum atomic E-state index is -0.167. The first-order valence-corrected chi connectivity index (χ1v) is 13.0. The van der Waals surface area contributed by atoms with Crippen LogP contribution < -0.4 is 10.9 Å². The number of aromatic amines is 1. The Morgan fingerprint density at radius 2 is 1.97 bits per heavy atom. The Bertz CT molecular complexity index is 954. The Balaban J connectivity index is 1.32. The number of H-pyrrole nitrogens is 1. The van der Waals surface area contributed by atoms with Crippen LogP contribution in [0.1, 0.15) is 67.6 Å². The fraction of sp³-hybridized carbons (Fsp3) is 0.636. The molecule has 0 unspecified atom stereocenters. The van der Waals surface area contributed by atoms with Crippen molar-refractivity contribution < 1.29 is 14.3 Å². The monoisotopic (exact) mass is 465 g/mol. The zero-order chi connectivity index (χ0) is 22.1. The van der Waals surface area contributed by atoms with Crippen molar-refractivity contribution in [2.45, 2.75) is 70.0 Å². The van der Waals surface area contributed by atoms with Gasteiger partial charge >= 0.3 is 5.97 Å². The topological polar surface area (TPSA) is 101 Å². The normalized spacial score (nSPS) is 13.2. The van der Waals surface area contributed by atoms with Gasteiger partial charge in [-0.2, -0.15) is 11.8 Å². The van der Waals surface area contributed by atoms with Crippen LogP contribution in [0.3, 0.4) is 0 Å². The predicted octanol–water partition coefficient (Wildman–Crippen LogP) is 3.73. The molecule has 0 saturated heterocycles. The molecule has 0 aromatic carbocycles. The quantitative estimate of drug-likeness (QED) is 0.366. The summed E-state index contributed by atoms with van der Waals surface area (Å²) in [5, 5.41) is 3.73. The van der Waals surface area contributed by atoms with Gasteiger partial charge in [0.2, 0.25) is 5.91 Å². The number of fused-ring (bicyclic) bond motifs is 3. The van der Waals surface area contributed by atoms with Crippen molar-refractivity contribution in [3.8, 4) is 0 Å². The van der Waals surface area contributed by atoms with Crippen molar-refractivity contribution in [1.82, 2.24) is 15.3 Å². The second-order valence-corrected chi connectivity index (χ2v) is 9.99. The average Bonchev–Trinajstić information content (AvgIpc) is 3.14. The summed E-state index contributed by atoms with van der Waals surface area (Å²) in [6, 6.07) is 0. The summed E-state index contributed by atoms with van der Waals surface area (Å²) in [5.41, 5.74) is 1.18. The van der Waals surface area contributed by atoms with E-state index in [9.17, 15) is 14.4 Å². The van der Waals surface area contributed by atoms with E-state index in [0.29, 0.717) is 36.7 Å². The van der Waals surface area contributed by atoms with Gasteiger partial charge in [0.15, 0.2) is 0 Å². The van der Waals surface area contributed by atoms with Crippen molar-refractivity contribution >= 4 is 45.2 Å². The van der Waals surface area contributed by atoms with Crippen molar-refractivity contribution in [3.05, 3.63) is 26.6 Å². The summed E-state index contributed by atoms with van der Waals surface area (Å²) < 4.78 is 4.61. The molecule has 0 spiro atoms. The number of aromatic nitrogens is 2. The zero-order valence-electron chi connectivity index (χ0n) is 18.1. The van der Waals surface area contributed by atoms with E-state index in [2.05, 4.69) is 20.0 Å². The van der Waals surface area contributed by atoms with Crippen LogP contribution in [-0.2, 0) is 32.9 Å². The first-order chi connectivity index (χ1) is 15.1. The van der Waals surface area contributed by atoms with Crippen LogP contribution in [-0.4, -0.2) is 41.3 Å². The van der Waals surface area contributed by atoms with E-state index < -0.39 is 0 Å². The second kappa shape index (κ2) is 12.2. The minimum Gasteiger partial charge on any atom is -0.469 e. The molecule has 0 fully saturated rings. The van der Waals surface area contributed by atoms with Crippen LogP contribution in [0, 0.1) is 0 Å². The first-order valence-electron chi connectivity index (χ1n) is 11.0. The number of nitrogens with one attached hydrogen (secondary N) is 2. The van der Waals surface area contributed by atoms with Gasteiger partial charge in [-0.3, -0.25) is 14.4 Å². The average molecular weight is 466 g/mol. The molecule has 9 heteroatoms. The van der Waals surface area contributed by atoms with Crippen LogP contribution in [0.5, 0.6) is 0 Å². The molecule has 0 saturated carbocycles. The van der Waals surface area contributed by atoms with E-state index >= 15 is 0 Å².